The van der Waals surface area contributed by atoms with Gasteiger partial charge in [-0.05, 0) is 76.6 Å². The Morgan fingerprint density at radius 1 is 0.613 bits per heavy atom. The van der Waals surface area contributed by atoms with Crippen LogP contribution in [0.25, 0.3) is 50.0 Å². The topological polar surface area (TPSA) is 63.6 Å². The van der Waals surface area contributed by atoms with Gasteiger partial charge in [-0.15, -0.1) is 29.7 Å². The first-order valence-corrected chi connectivity index (χ1v) is 20.4. The first kappa shape index (κ1) is 36.7. The average molecular weight is 984 g/mol. The fourth-order valence-corrected chi connectivity index (χ4v) is 9.28. The van der Waals surface area contributed by atoms with Crippen molar-refractivity contribution in [2.45, 2.75) is 26.2 Å². The van der Waals surface area contributed by atoms with Crippen LogP contribution in [-0.4, -0.2) is 20.8 Å². The molecule has 7 aromatic carbocycles. The average Bonchev–Trinajstić information content (AvgIpc) is 3.82. The molecule has 300 valence electrons. The summed E-state index contributed by atoms with van der Waals surface area (Å²) in [6, 6.07) is 54.1. The summed E-state index contributed by atoms with van der Waals surface area (Å²) in [5.74, 6) is 6.64. The number of benzene rings is 7. The van der Waals surface area contributed by atoms with E-state index in [2.05, 4.69) is 111 Å². The molecule has 0 saturated heterocycles. The maximum Gasteiger partial charge on any atom is 0.270 e. The van der Waals surface area contributed by atoms with E-state index >= 15 is 0 Å². The number of rotatable bonds is 5. The van der Waals surface area contributed by atoms with E-state index in [1.54, 1.807) is 0 Å². The molecule has 0 radical (unpaired) electrons. The minimum absolute atomic E-state index is 0. The van der Waals surface area contributed by atoms with Gasteiger partial charge in [-0.2, -0.15) is 18.2 Å². The van der Waals surface area contributed by atoms with Crippen molar-refractivity contribution in [3.63, 3.8) is 0 Å². The molecule has 3 aliphatic heterocycles. The zero-order valence-electron chi connectivity index (χ0n) is 33.7. The Hall–Kier alpha value is -7.09. The number of aromatic nitrogens is 4. The van der Waals surface area contributed by atoms with Crippen LogP contribution in [0.2, 0.25) is 0 Å². The standard InChI is InChI=1S/C52H33BN4O4.Pt/c1-52(2,3)31-23-24-54-48(25-31)57-38-14-5-4-13-36(38)37-22-21-35(29-41(37)57)58-34-12-8-11-32(26-34)55-30-56(40-16-7-6-15-39(40)55)33-27-46-51-47(28-33)61-45-20-10-18-43-50(45)53(51)49-42(59-43)17-9-19-44(49)60-46;/h4-25,27-28H,1-3H3;/q-2;. The minimum atomic E-state index is -0.0574. The number of imidazole rings is 1. The van der Waals surface area contributed by atoms with Gasteiger partial charge in [0.05, 0.1) is 16.7 Å². The Kier molecular flexibility index (Phi) is 7.97. The van der Waals surface area contributed by atoms with Crippen molar-refractivity contribution >= 4 is 55.9 Å². The van der Waals surface area contributed by atoms with Crippen molar-refractivity contribution in [1.82, 2.24) is 14.1 Å². The monoisotopic (exact) mass is 983 g/mol. The van der Waals surface area contributed by atoms with Gasteiger partial charge in [0.2, 0.25) is 0 Å². The van der Waals surface area contributed by atoms with Gasteiger partial charge in [0, 0.05) is 60.7 Å². The molecule has 0 unspecified atom stereocenters. The number of hydrogen-bond donors (Lipinski definition) is 0. The second kappa shape index (κ2) is 13.5. The van der Waals surface area contributed by atoms with E-state index in [0.717, 1.165) is 101 Å². The molecular formula is C52H33BN4O4Pt-2. The molecule has 8 nitrogen and oxygen atoms in total. The zero-order chi connectivity index (χ0) is 40.6. The van der Waals surface area contributed by atoms with Crippen molar-refractivity contribution in [2.75, 3.05) is 0 Å². The molecule has 0 atom stereocenters. The van der Waals surface area contributed by atoms with Gasteiger partial charge in [-0.1, -0.05) is 80.9 Å². The molecule has 13 rings (SSSR count). The number of para-hydroxylation sites is 3. The summed E-state index contributed by atoms with van der Waals surface area (Å²) in [5.41, 5.74) is 9.70. The Morgan fingerprint density at radius 3 is 1.97 bits per heavy atom. The summed E-state index contributed by atoms with van der Waals surface area (Å²) in [6.45, 7) is 6.59. The molecular weight excluding hydrogens is 950 g/mol. The smallest absolute Gasteiger partial charge is 0.270 e. The van der Waals surface area contributed by atoms with Gasteiger partial charge in [0.25, 0.3) is 13.0 Å². The number of nitrogens with zero attached hydrogens (tertiary/aromatic N) is 4. The second-order valence-corrected chi connectivity index (χ2v) is 16.8. The summed E-state index contributed by atoms with van der Waals surface area (Å²) in [7, 11) is 0. The summed E-state index contributed by atoms with van der Waals surface area (Å²) in [6.07, 6.45) is 5.52. The fraction of sp³-hybridized carbons (Fsp3) is 0.0769. The number of pyridine rings is 1. The van der Waals surface area contributed by atoms with Crippen LogP contribution in [0.15, 0.2) is 146 Å². The Morgan fingerprint density at radius 2 is 1.24 bits per heavy atom. The van der Waals surface area contributed by atoms with Crippen LogP contribution in [0.3, 0.4) is 0 Å². The largest absolute Gasteiger partial charge is 0.510 e. The molecule has 3 aliphatic rings. The molecule has 0 aliphatic carbocycles. The SMILES string of the molecule is CC(C)(C)c1ccnc(-n2c3[c-]c(Oc4[c-]c(-n5[c-][n+](-c6cc7c8c(c6)Oc6cccc9c6B8c6c(cccc6O7)O9)c6ccccc65)ccc4)ccc3c3ccccc32)c1.[Pt]. The van der Waals surface area contributed by atoms with Gasteiger partial charge < -0.3 is 28.1 Å². The molecule has 0 spiro atoms. The number of fused-ring (bicyclic) bond motifs is 4. The molecule has 0 fully saturated rings. The van der Waals surface area contributed by atoms with Crippen molar-refractivity contribution in [3.8, 4) is 63.2 Å². The van der Waals surface area contributed by atoms with E-state index in [9.17, 15) is 0 Å². The molecule has 10 aromatic rings. The van der Waals surface area contributed by atoms with Gasteiger partial charge in [-0.3, -0.25) is 4.57 Å². The molecule has 0 N–H and O–H groups in total. The first-order chi connectivity index (χ1) is 29.8. The van der Waals surface area contributed by atoms with E-state index in [-0.39, 0.29) is 33.2 Å². The van der Waals surface area contributed by atoms with Crippen LogP contribution in [-0.2, 0) is 26.5 Å². The van der Waals surface area contributed by atoms with Crippen molar-refractivity contribution in [3.05, 3.63) is 170 Å². The third-order valence-electron chi connectivity index (χ3n) is 12.1. The third kappa shape index (κ3) is 5.44. The summed E-state index contributed by atoms with van der Waals surface area (Å²) in [4.78, 5) is 4.83. The summed E-state index contributed by atoms with van der Waals surface area (Å²) in [5, 5.41) is 2.20. The molecule has 0 bridgehead atoms. The predicted molar refractivity (Wildman–Crippen MR) is 236 cm³/mol. The quantitative estimate of drug-likeness (QED) is 0.0978. The number of ether oxygens (including phenoxy) is 4. The van der Waals surface area contributed by atoms with Gasteiger partial charge >= 0.3 is 0 Å². The Bertz CT molecular complexity index is 3440. The minimum Gasteiger partial charge on any atom is -0.510 e. The molecule has 0 amide bonds. The van der Waals surface area contributed by atoms with Crippen LogP contribution >= 0.6 is 0 Å². The van der Waals surface area contributed by atoms with E-state index in [1.165, 1.54) is 5.56 Å². The van der Waals surface area contributed by atoms with E-state index < -0.39 is 0 Å². The maximum atomic E-state index is 6.66. The molecule has 10 heteroatoms. The Balaban J connectivity index is 0.00000410. The van der Waals surface area contributed by atoms with Crippen molar-refractivity contribution in [1.29, 1.82) is 0 Å². The molecule has 6 heterocycles. The molecule has 62 heavy (non-hydrogen) atoms. The first-order valence-electron chi connectivity index (χ1n) is 20.4. The van der Waals surface area contributed by atoms with E-state index in [4.69, 9.17) is 23.9 Å². The van der Waals surface area contributed by atoms with Crippen LogP contribution in [0.1, 0.15) is 26.3 Å². The van der Waals surface area contributed by atoms with Crippen LogP contribution < -0.4 is 39.9 Å². The van der Waals surface area contributed by atoms with Crippen LogP contribution in [0.4, 0.5) is 0 Å². The summed E-state index contributed by atoms with van der Waals surface area (Å²) >= 11 is 0. The van der Waals surface area contributed by atoms with E-state index in [1.807, 2.05) is 88.1 Å². The summed E-state index contributed by atoms with van der Waals surface area (Å²) < 4.78 is 32.5. The zero-order valence-corrected chi connectivity index (χ0v) is 35.9. The Labute approximate surface area is 371 Å². The molecule has 3 aromatic heterocycles. The van der Waals surface area contributed by atoms with Gasteiger partial charge in [0.15, 0.2) is 0 Å². The fourth-order valence-electron chi connectivity index (χ4n) is 9.28. The normalized spacial score (nSPS) is 13.0. The van der Waals surface area contributed by atoms with Gasteiger partial charge in [0.1, 0.15) is 40.3 Å². The van der Waals surface area contributed by atoms with E-state index in [0.29, 0.717) is 11.5 Å². The van der Waals surface area contributed by atoms with Crippen LogP contribution in [0, 0.1) is 18.5 Å². The second-order valence-electron chi connectivity index (χ2n) is 16.8. The third-order valence-corrected chi connectivity index (χ3v) is 12.1. The van der Waals surface area contributed by atoms with Crippen LogP contribution in [0.5, 0.6) is 46.0 Å². The van der Waals surface area contributed by atoms with Crippen molar-refractivity contribution in [2.24, 2.45) is 0 Å². The number of hydrogen-bond acceptors (Lipinski definition) is 5. The van der Waals surface area contributed by atoms with Crippen molar-refractivity contribution < 1.29 is 44.6 Å². The predicted octanol–water partition coefficient (Wildman–Crippen LogP) is 9.72. The van der Waals surface area contributed by atoms with Gasteiger partial charge in [-0.25, -0.2) is 4.98 Å². The molecule has 0 saturated carbocycles. The maximum absolute atomic E-state index is 6.66.